The minimum Gasteiger partial charge on any atom is -0.480 e. The molecule has 0 aliphatic carbocycles. The molecule has 0 N–H and O–H groups in total. The molecule has 1 heterocycles. The minimum absolute atomic E-state index is 0.178. The van der Waals surface area contributed by atoms with Gasteiger partial charge >= 0.3 is 0 Å². The Morgan fingerprint density at radius 3 is 2.90 bits per heavy atom. The molecule has 0 bridgehead atoms. The van der Waals surface area contributed by atoms with E-state index in [4.69, 9.17) is 11.2 Å². The van der Waals surface area contributed by atoms with Crippen molar-refractivity contribution in [2.24, 2.45) is 5.10 Å². The second-order valence-electron chi connectivity index (χ2n) is 6.34. The van der Waals surface area contributed by atoms with Crippen LogP contribution in [0.4, 0.5) is 0 Å². The fourth-order valence-electron chi connectivity index (χ4n) is 2.77. The number of aromatic nitrogens is 2. The van der Waals surface area contributed by atoms with Crippen molar-refractivity contribution in [2.45, 2.75) is 26.2 Å². The lowest BCUT2D eigenvalue weighted by atomic mass is 10.2. The number of hydrogen-bond donors (Lipinski definition) is 0. The van der Waals surface area contributed by atoms with Crippen molar-refractivity contribution >= 4 is 55.6 Å². The smallest absolute Gasteiger partial charge is 0.282 e. The van der Waals surface area contributed by atoms with Crippen LogP contribution >= 0.6 is 38.5 Å². The van der Waals surface area contributed by atoms with Crippen molar-refractivity contribution in [1.82, 2.24) is 9.66 Å². The summed E-state index contributed by atoms with van der Waals surface area (Å²) < 4.78 is 8.64. The van der Waals surface area contributed by atoms with Gasteiger partial charge in [-0.3, -0.25) is 4.79 Å². The van der Waals surface area contributed by atoms with Crippen molar-refractivity contribution in [1.29, 1.82) is 0 Å². The molecule has 0 spiro atoms. The van der Waals surface area contributed by atoms with Gasteiger partial charge in [-0.2, -0.15) is 9.78 Å². The van der Waals surface area contributed by atoms with Crippen LogP contribution < -0.4 is 10.3 Å². The van der Waals surface area contributed by atoms with E-state index in [1.807, 2.05) is 30.3 Å². The largest absolute Gasteiger partial charge is 0.480 e. The Hall–Kier alpha value is -2.18. The van der Waals surface area contributed by atoms with Crippen LogP contribution in [0.2, 0.25) is 0 Å². The number of unbranched alkanes of at least 4 members (excludes halogenated alkanes) is 1. The van der Waals surface area contributed by atoms with Crippen LogP contribution in [0.5, 0.6) is 5.75 Å². The molecule has 0 fully saturated rings. The number of halogens is 2. The van der Waals surface area contributed by atoms with Crippen LogP contribution in [0.15, 0.2) is 50.8 Å². The standard InChI is InChI=1S/C22H19BrIN3O2/c1-3-5-6-21-26-19-9-8-16(23)13-17(19)22(28)27(21)25-14-15-7-10-20(18(24)12-15)29-11-4-2/h2,7-10,12-14H,3,5-6,11H2,1H3. The Kier molecular flexibility index (Phi) is 7.45. The molecular formula is C22H19BrIN3O2. The van der Waals surface area contributed by atoms with Gasteiger partial charge in [-0.05, 0) is 71.0 Å². The molecule has 0 unspecified atom stereocenters. The van der Waals surface area contributed by atoms with Crippen LogP contribution in [0.3, 0.4) is 0 Å². The summed E-state index contributed by atoms with van der Waals surface area (Å²) in [7, 11) is 0. The monoisotopic (exact) mass is 563 g/mol. The summed E-state index contributed by atoms with van der Waals surface area (Å²) in [6.45, 7) is 2.33. The van der Waals surface area contributed by atoms with Gasteiger partial charge in [-0.15, -0.1) is 6.42 Å². The fraction of sp³-hybridized carbons (Fsp3) is 0.227. The van der Waals surface area contributed by atoms with E-state index >= 15 is 0 Å². The lowest BCUT2D eigenvalue weighted by Crippen LogP contribution is -2.22. The molecule has 0 radical (unpaired) electrons. The van der Waals surface area contributed by atoms with Crippen molar-refractivity contribution < 1.29 is 4.74 Å². The van der Waals surface area contributed by atoms with Gasteiger partial charge in [0, 0.05) is 10.9 Å². The van der Waals surface area contributed by atoms with Gasteiger partial charge in [0.15, 0.2) is 0 Å². The number of ether oxygens (including phenoxy) is 1. The van der Waals surface area contributed by atoms with Crippen LogP contribution in [-0.4, -0.2) is 22.5 Å². The van der Waals surface area contributed by atoms with Gasteiger partial charge in [-0.1, -0.05) is 35.2 Å². The number of rotatable bonds is 7. The van der Waals surface area contributed by atoms with Crippen LogP contribution in [0, 0.1) is 15.9 Å². The first-order chi connectivity index (χ1) is 14.0. The van der Waals surface area contributed by atoms with Crippen molar-refractivity contribution in [3.05, 3.63) is 66.2 Å². The third kappa shape index (κ3) is 5.25. The van der Waals surface area contributed by atoms with E-state index in [1.165, 1.54) is 4.68 Å². The first kappa shape index (κ1) is 21.5. The number of nitrogens with zero attached hydrogens (tertiary/aromatic N) is 3. The van der Waals surface area contributed by atoms with Gasteiger partial charge in [-0.25, -0.2) is 4.98 Å². The van der Waals surface area contributed by atoms with E-state index in [2.05, 4.69) is 61.5 Å². The second kappa shape index (κ2) is 10.0. The molecule has 7 heteroatoms. The molecule has 148 valence electrons. The fourth-order valence-corrected chi connectivity index (χ4v) is 3.82. The first-order valence-electron chi connectivity index (χ1n) is 9.15. The maximum Gasteiger partial charge on any atom is 0.282 e. The maximum atomic E-state index is 13.1. The van der Waals surface area contributed by atoms with Gasteiger partial charge < -0.3 is 4.74 Å². The Morgan fingerprint density at radius 2 is 2.17 bits per heavy atom. The Morgan fingerprint density at radius 1 is 1.34 bits per heavy atom. The summed E-state index contributed by atoms with van der Waals surface area (Å²) in [5, 5.41) is 5.00. The SMILES string of the molecule is C#CCOc1ccc(C=Nn2c(CCCC)nc3ccc(Br)cc3c2=O)cc1I. The first-order valence-corrected chi connectivity index (χ1v) is 11.0. The van der Waals surface area contributed by atoms with Gasteiger partial charge in [0.1, 0.15) is 18.2 Å². The number of hydrogen-bond acceptors (Lipinski definition) is 4. The van der Waals surface area contributed by atoms with Crippen LogP contribution in [0.1, 0.15) is 31.2 Å². The van der Waals surface area contributed by atoms with E-state index < -0.39 is 0 Å². The summed E-state index contributed by atoms with van der Waals surface area (Å²) in [6, 6.07) is 11.2. The van der Waals surface area contributed by atoms with E-state index in [1.54, 1.807) is 12.3 Å². The number of benzene rings is 2. The third-order valence-electron chi connectivity index (χ3n) is 4.22. The van der Waals surface area contributed by atoms with Crippen molar-refractivity contribution in [3.63, 3.8) is 0 Å². The summed E-state index contributed by atoms with van der Waals surface area (Å²) in [5.41, 5.74) is 1.35. The average molecular weight is 564 g/mol. The zero-order valence-electron chi connectivity index (χ0n) is 15.9. The third-order valence-corrected chi connectivity index (χ3v) is 5.55. The molecule has 0 aliphatic rings. The summed E-state index contributed by atoms with van der Waals surface area (Å²) in [5.74, 6) is 3.83. The molecule has 0 aliphatic heterocycles. The molecule has 29 heavy (non-hydrogen) atoms. The summed E-state index contributed by atoms with van der Waals surface area (Å²) in [6.07, 6.45) is 9.53. The maximum absolute atomic E-state index is 13.1. The van der Waals surface area contributed by atoms with Gasteiger partial charge in [0.2, 0.25) is 0 Å². The highest BCUT2D eigenvalue weighted by Crippen LogP contribution is 2.21. The molecule has 1 aromatic heterocycles. The minimum atomic E-state index is -0.178. The number of fused-ring (bicyclic) bond motifs is 1. The molecule has 3 rings (SSSR count). The molecule has 0 saturated heterocycles. The zero-order chi connectivity index (χ0) is 20.8. The molecular weight excluding hydrogens is 545 g/mol. The lowest BCUT2D eigenvalue weighted by molar-refractivity contribution is 0.368. The topological polar surface area (TPSA) is 56.5 Å². The van der Waals surface area contributed by atoms with Crippen LogP contribution in [-0.2, 0) is 6.42 Å². The Labute approximate surface area is 191 Å². The van der Waals surface area contributed by atoms with E-state index in [0.29, 0.717) is 23.1 Å². The predicted molar refractivity (Wildman–Crippen MR) is 129 cm³/mol. The van der Waals surface area contributed by atoms with E-state index in [-0.39, 0.29) is 12.2 Å². The number of aryl methyl sites for hydroxylation is 1. The van der Waals surface area contributed by atoms with E-state index in [0.717, 1.165) is 32.2 Å². The Balaban J connectivity index is 2.01. The molecule has 0 saturated carbocycles. The highest BCUT2D eigenvalue weighted by molar-refractivity contribution is 14.1. The summed E-state index contributed by atoms with van der Waals surface area (Å²) >= 11 is 5.61. The normalized spacial score (nSPS) is 11.1. The van der Waals surface area contributed by atoms with Crippen molar-refractivity contribution in [2.75, 3.05) is 6.61 Å². The quantitative estimate of drug-likeness (QED) is 0.231. The second-order valence-corrected chi connectivity index (χ2v) is 8.42. The highest BCUT2D eigenvalue weighted by atomic mass is 127. The van der Waals surface area contributed by atoms with Gasteiger partial charge in [0.25, 0.3) is 5.56 Å². The molecule has 5 nitrogen and oxygen atoms in total. The molecule has 0 amide bonds. The van der Waals surface area contributed by atoms with Gasteiger partial charge in [0.05, 0.1) is 20.7 Å². The predicted octanol–water partition coefficient (Wildman–Crippen LogP) is 5.00. The molecule has 3 aromatic rings. The Bertz CT molecular complexity index is 1170. The zero-order valence-corrected chi connectivity index (χ0v) is 19.6. The number of terminal acetylenes is 1. The van der Waals surface area contributed by atoms with Crippen molar-refractivity contribution in [3.8, 4) is 18.1 Å². The van der Waals surface area contributed by atoms with Crippen LogP contribution in [0.25, 0.3) is 10.9 Å². The summed E-state index contributed by atoms with van der Waals surface area (Å²) in [4.78, 5) is 17.8. The lowest BCUT2D eigenvalue weighted by Gasteiger charge is -2.09. The van der Waals surface area contributed by atoms with E-state index in [9.17, 15) is 4.79 Å². The average Bonchev–Trinajstić information content (AvgIpc) is 2.71. The molecule has 2 aromatic carbocycles. The highest BCUT2D eigenvalue weighted by Gasteiger charge is 2.11. The molecule has 0 atom stereocenters.